The average molecular weight is 432 g/mol. The minimum absolute atomic E-state index is 0.132. The molecule has 0 saturated heterocycles. The Balaban J connectivity index is 3.08. The molecule has 0 aromatic heterocycles. The first-order chi connectivity index (χ1) is 6.54. The Kier molecular flexibility index (Phi) is 5.06. The van der Waals surface area contributed by atoms with Crippen LogP contribution in [0.1, 0.15) is 22.9 Å². The van der Waals surface area contributed by atoms with Crippen LogP contribution in [0.2, 0.25) is 0 Å². The topological polar surface area (TPSA) is 17.1 Å². The van der Waals surface area contributed by atoms with Gasteiger partial charge < -0.3 is 0 Å². The number of alkyl halides is 2. The molecule has 0 bridgehead atoms. The van der Waals surface area contributed by atoms with E-state index in [1.165, 1.54) is 5.56 Å². The summed E-state index contributed by atoms with van der Waals surface area (Å²) < 4.78 is 1.15. The molecule has 1 aromatic rings. The molecule has 0 aliphatic rings. The van der Waals surface area contributed by atoms with Gasteiger partial charge in [0.1, 0.15) is 5.78 Å². The van der Waals surface area contributed by atoms with Gasteiger partial charge in [0, 0.05) is 8.90 Å². The third kappa shape index (κ3) is 3.31. The minimum Gasteiger partial charge on any atom is -0.298 e. The van der Waals surface area contributed by atoms with Gasteiger partial charge in [-0.15, -0.1) is 0 Å². The van der Waals surface area contributed by atoms with Crippen LogP contribution in [-0.4, -0.2) is 5.78 Å². The van der Waals surface area contributed by atoms with Crippen LogP contribution in [0.4, 0.5) is 0 Å². The molecule has 0 saturated carbocycles. The molecule has 1 unspecified atom stereocenters. The SMILES string of the molecule is CC(=O)C(Br)c1cc(I)cc(CBr)c1. The minimum atomic E-state index is -0.185. The van der Waals surface area contributed by atoms with Gasteiger partial charge in [-0.1, -0.05) is 37.9 Å². The number of rotatable bonds is 3. The number of hydrogen-bond donors (Lipinski definition) is 0. The van der Waals surface area contributed by atoms with E-state index in [4.69, 9.17) is 0 Å². The second-order valence-electron chi connectivity index (χ2n) is 3.00. The van der Waals surface area contributed by atoms with Crippen LogP contribution >= 0.6 is 54.5 Å². The number of Topliss-reactive ketones (excluding diaryl/α,β-unsaturated/α-hetero) is 1. The normalized spacial score (nSPS) is 12.6. The van der Waals surface area contributed by atoms with Gasteiger partial charge in [0.25, 0.3) is 0 Å². The molecule has 76 valence electrons. The Hall–Kier alpha value is 0.580. The van der Waals surface area contributed by atoms with E-state index in [1.807, 2.05) is 12.1 Å². The van der Waals surface area contributed by atoms with E-state index >= 15 is 0 Å². The monoisotopic (exact) mass is 430 g/mol. The van der Waals surface area contributed by atoms with E-state index in [0.717, 1.165) is 14.5 Å². The Labute approximate surface area is 114 Å². The van der Waals surface area contributed by atoms with Crippen molar-refractivity contribution in [2.75, 3.05) is 0 Å². The van der Waals surface area contributed by atoms with E-state index in [2.05, 4.69) is 60.5 Å². The molecular weight excluding hydrogens is 423 g/mol. The van der Waals surface area contributed by atoms with Crippen LogP contribution < -0.4 is 0 Å². The number of benzene rings is 1. The number of carbonyl (C=O) groups is 1. The maximum Gasteiger partial charge on any atom is 0.147 e. The number of hydrogen-bond acceptors (Lipinski definition) is 1. The first-order valence-corrected chi connectivity index (χ1v) is 7.16. The van der Waals surface area contributed by atoms with E-state index < -0.39 is 0 Å². The van der Waals surface area contributed by atoms with E-state index in [0.29, 0.717) is 0 Å². The van der Waals surface area contributed by atoms with Crippen molar-refractivity contribution in [2.45, 2.75) is 17.1 Å². The quantitative estimate of drug-likeness (QED) is 0.517. The molecular formula is C10H9Br2IO. The third-order valence-corrected chi connectivity index (χ3v) is 4.23. The van der Waals surface area contributed by atoms with Crippen LogP contribution in [0, 0.1) is 3.57 Å². The van der Waals surface area contributed by atoms with Crippen LogP contribution in [0.15, 0.2) is 18.2 Å². The summed E-state index contributed by atoms with van der Waals surface area (Å²) >= 11 is 9.05. The summed E-state index contributed by atoms with van der Waals surface area (Å²) in [4.78, 5) is 11.0. The molecule has 1 nitrogen and oxygen atoms in total. The van der Waals surface area contributed by atoms with Gasteiger partial charge in [-0.2, -0.15) is 0 Å². The molecule has 1 atom stereocenters. The molecule has 0 amide bonds. The highest BCUT2D eigenvalue weighted by atomic mass is 127. The fourth-order valence-electron chi connectivity index (χ4n) is 1.13. The molecule has 14 heavy (non-hydrogen) atoms. The zero-order chi connectivity index (χ0) is 10.7. The lowest BCUT2D eigenvalue weighted by molar-refractivity contribution is -0.116. The summed E-state index contributed by atoms with van der Waals surface area (Å²) in [6.07, 6.45) is 0. The van der Waals surface area contributed by atoms with Crippen LogP contribution in [0.3, 0.4) is 0 Å². The standard InChI is InChI=1S/C10H9Br2IO/c1-6(14)10(12)8-2-7(5-11)3-9(13)4-8/h2-4,10H,5H2,1H3. The van der Waals surface area contributed by atoms with E-state index in [-0.39, 0.29) is 10.6 Å². The van der Waals surface area contributed by atoms with Crippen LogP contribution in [0.5, 0.6) is 0 Å². The molecule has 0 heterocycles. The third-order valence-electron chi connectivity index (χ3n) is 1.78. The molecule has 0 N–H and O–H groups in total. The van der Waals surface area contributed by atoms with Gasteiger partial charge >= 0.3 is 0 Å². The van der Waals surface area contributed by atoms with Gasteiger partial charge in [0.15, 0.2) is 0 Å². The van der Waals surface area contributed by atoms with Crippen molar-refractivity contribution in [2.24, 2.45) is 0 Å². The van der Waals surface area contributed by atoms with Crippen molar-refractivity contribution in [3.63, 3.8) is 0 Å². The summed E-state index contributed by atoms with van der Waals surface area (Å²) in [7, 11) is 0. The number of halogens is 3. The van der Waals surface area contributed by atoms with Gasteiger partial charge in [0.2, 0.25) is 0 Å². The molecule has 0 aliphatic carbocycles. The zero-order valence-corrected chi connectivity index (χ0v) is 12.9. The van der Waals surface area contributed by atoms with Crippen molar-refractivity contribution in [3.05, 3.63) is 32.9 Å². The second-order valence-corrected chi connectivity index (χ2v) is 5.72. The first-order valence-electron chi connectivity index (χ1n) is 4.04. The molecule has 0 radical (unpaired) electrons. The second kappa shape index (κ2) is 5.61. The van der Waals surface area contributed by atoms with Crippen molar-refractivity contribution in [1.29, 1.82) is 0 Å². The van der Waals surface area contributed by atoms with Crippen molar-refractivity contribution < 1.29 is 4.79 Å². The Morgan fingerprint density at radius 2 is 2.14 bits per heavy atom. The molecule has 0 aliphatic heterocycles. The number of ketones is 1. The summed E-state index contributed by atoms with van der Waals surface area (Å²) in [5.74, 6) is 0.132. The van der Waals surface area contributed by atoms with Crippen molar-refractivity contribution >= 4 is 60.2 Å². The molecule has 4 heteroatoms. The fourth-order valence-corrected chi connectivity index (χ4v) is 2.48. The predicted octanol–water partition coefficient (Wildman–Crippen LogP) is 4.21. The molecule has 1 rings (SSSR count). The summed E-state index contributed by atoms with van der Waals surface area (Å²) in [5, 5.41) is 0.814. The van der Waals surface area contributed by atoms with Gasteiger partial charge in [-0.25, -0.2) is 0 Å². The average Bonchev–Trinajstić information content (AvgIpc) is 2.15. The smallest absolute Gasteiger partial charge is 0.147 e. The van der Waals surface area contributed by atoms with Gasteiger partial charge in [0.05, 0.1) is 4.83 Å². The largest absolute Gasteiger partial charge is 0.298 e. The van der Waals surface area contributed by atoms with Crippen LogP contribution in [-0.2, 0) is 10.1 Å². The summed E-state index contributed by atoms with van der Waals surface area (Å²) in [5.41, 5.74) is 2.22. The summed E-state index contributed by atoms with van der Waals surface area (Å²) in [6.45, 7) is 1.59. The fraction of sp³-hybridized carbons (Fsp3) is 0.300. The Morgan fingerprint density at radius 1 is 1.50 bits per heavy atom. The highest BCUT2D eigenvalue weighted by Gasteiger charge is 2.13. The maximum absolute atomic E-state index is 11.2. The van der Waals surface area contributed by atoms with Crippen molar-refractivity contribution in [3.8, 4) is 0 Å². The lowest BCUT2D eigenvalue weighted by atomic mass is 10.1. The van der Waals surface area contributed by atoms with E-state index in [9.17, 15) is 4.79 Å². The lowest BCUT2D eigenvalue weighted by Gasteiger charge is -2.08. The van der Waals surface area contributed by atoms with Gasteiger partial charge in [-0.05, 0) is 52.8 Å². The lowest BCUT2D eigenvalue weighted by Crippen LogP contribution is -2.01. The Morgan fingerprint density at radius 3 is 2.64 bits per heavy atom. The Bertz CT molecular complexity index is 352. The number of carbonyl (C=O) groups excluding carboxylic acids is 1. The highest BCUT2D eigenvalue weighted by molar-refractivity contribution is 14.1. The van der Waals surface area contributed by atoms with E-state index in [1.54, 1.807) is 6.92 Å². The van der Waals surface area contributed by atoms with Crippen molar-refractivity contribution in [1.82, 2.24) is 0 Å². The van der Waals surface area contributed by atoms with Gasteiger partial charge in [-0.3, -0.25) is 4.79 Å². The zero-order valence-electron chi connectivity index (χ0n) is 7.56. The van der Waals surface area contributed by atoms with Crippen LogP contribution in [0.25, 0.3) is 0 Å². The maximum atomic E-state index is 11.2. The molecule has 0 fully saturated rings. The predicted molar refractivity (Wildman–Crippen MR) is 74.1 cm³/mol. The first kappa shape index (κ1) is 12.6. The molecule has 0 spiro atoms. The summed E-state index contributed by atoms with van der Waals surface area (Å²) in [6, 6.07) is 6.16. The highest BCUT2D eigenvalue weighted by Crippen LogP contribution is 2.27. The molecule has 1 aromatic carbocycles.